The average molecular weight is 851 g/mol. The van der Waals surface area contributed by atoms with Crippen molar-refractivity contribution < 1.29 is 47.8 Å². The summed E-state index contributed by atoms with van der Waals surface area (Å²) in [5, 5.41) is 19.2. The molecule has 0 aromatic carbocycles. The Morgan fingerprint density at radius 1 is 0.492 bits per heavy atom. The third-order valence-corrected chi connectivity index (χ3v) is 10.4. The van der Waals surface area contributed by atoms with Crippen LogP contribution in [-0.2, 0) is 32.7 Å². The minimum Gasteiger partial charge on any atom is -0.457 e. The molecular weight excluding hydrogens is 767 g/mol. The molecule has 0 bridgehead atoms. The fourth-order valence-corrected chi connectivity index (χ4v) is 6.73. The molecule has 0 saturated carbocycles. The van der Waals surface area contributed by atoms with E-state index in [2.05, 4.69) is 62.5 Å². The van der Waals surface area contributed by atoms with Crippen molar-refractivity contribution >= 4 is 19.8 Å². The minimum absolute atomic E-state index is 0.0429. The topological polar surface area (TPSA) is 149 Å². The van der Waals surface area contributed by atoms with E-state index < -0.39 is 58.4 Å². The SMILES string of the molecule is CC/C=C\C/C=C\C/C=C\C/C=C\C/C=C\CC(=O)OC(CO)COP(=O)(O)OCC(CO)OC(=O)CCCCCCCCCCC/C=C\CCCCCCCCCC. The molecule has 0 aliphatic carbocycles. The van der Waals surface area contributed by atoms with E-state index in [1.54, 1.807) is 6.08 Å². The highest BCUT2D eigenvalue weighted by molar-refractivity contribution is 7.47. The molecule has 0 amide bonds. The highest BCUT2D eigenvalue weighted by Crippen LogP contribution is 2.43. The molecule has 10 nitrogen and oxygen atoms in total. The Bertz CT molecular complexity index is 1210. The van der Waals surface area contributed by atoms with Gasteiger partial charge in [0.1, 0.15) is 12.2 Å². The molecule has 0 radical (unpaired) electrons. The number of carbonyl (C=O) groups is 2. The Labute approximate surface area is 358 Å². The van der Waals surface area contributed by atoms with Gasteiger partial charge in [-0.2, -0.15) is 0 Å². The van der Waals surface area contributed by atoms with E-state index in [9.17, 15) is 29.3 Å². The second-order valence-corrected chi connectivity index (χ2v) is 16.5. The van der Waals surface area contributed by atoms with Crippen molar-refractivity contribution in [3.8, 4) is 0 Å². The molecule has 0 aliphatic heterocycles. The maximum absolute atomic E-state index is 12.4. The lowest BCUT2D eigenvalue weighted by atomic mass is 10.1. The molecule has 0 saturated heterocycles. The average Bonchev–Trinajstić information content (AvgIpc) is 3.22. The van der Waals surface area contributed by atoms with Crippen LogP contribution in [0.4, 0.5) is 0 Å². The molecule has 0 aromatic rings. The lowest BCUT2D eigenvalue weighted by molar-refractivity contribution is -0.153. The summed E-state index contributed by atoms with van der Waals surface area (Å²) in [6, 6.07) is 0. The second kappa shape index (κ2) is 43.5. The summed E-state index contributed by atoms with van der Waals surface area (Å²) in [5.41, 5.74) is 0. The van der Waals surface area contributed by atoms with Gasteiger partial charge in [0.15, 0.2) is 0 Å². The Hall–Kier alpha value is -2.59. The monoisotopic (exact) mass is 851 g/mol. The fourth-order valence-electron chi connectivity index (χ4n) is 5.95. The maximum atomic E-state index is 12.4. The number of unbranched alkanes of at least 4 members (excludes halogenated alkanes) is 17. The first-order valence-corrected chi connectivity index (χ1v) is 24.4. The lowest BCUT2D eigenvalue weighted by Crippen LogP contribution is -2.28. The van der Waals surface area contributed by atoms with Crippen molar-refractivity contribution in [1.82, 2.24) is 0 Å². The van der Waals surface area contributed by atoms with E-state index in [0.29, 0.717) is 12.8 Å². The van der Waals surface area contributed by atoms with E-state index in [-0.39, 0.29) is 12.8 Å². The van der Waals surface area contributed by atoms with Crippen molar-refractivity contribution in [3.05, 3.63) is 72.9 Å². The van der Waals surface area contributed by atoms with E-state index in [1.165, 1.54) is 96.3 Å². The van der Waals surface area contributed by atoms with Crippen LogP contribution < -0.4 is 0 Å². The van der Waals surface area contributed by atoms with Crippen LogP contribution >= 0.6 is 7.82 Å². The number of rotatable bonds is 42. The van der Waals surface area contributed by atoms with Crippen molar-refractivity contribution in [2.24, 2.45) is 0 Å². The Morgan fingerprint density at radius 3 is 1.29 bits per heavy atom. The molecule has 3 N–H and O–H groups in total. The van der Waals surface area contributed by atoms with Gasteiger partial charge in [-0.15, -0.1) is 0 Å². The van der Waals surface area contributed by atoms with E-state index >= 15 is 0 Å². The van der Waals surface area contributed by atoms with Gasteiger partial charge < -0.3 is 24.6 Å². The molecule has 340 valence electrons. The second-order valence-electron chi connectivity index (χ2n) is 15.0. The largest absolute Gasteiger partial charge is 0.472 e. The predicted molar refractivity (Wildman–Crippen MR) is 242 cm³/mol. The quantitative estimate of drug-likeness (QED) is 0.0234. The summed E-state index contributed by atoms with van der Waals surface area (Å²) < 4.78 is 32.5. The first-order valence-electron chi connectivity index (χ1n) is 22.9. The summed E-state index contributed by atoms with van der Waals surface area (Å²) in [5.74, 6) is -1.16. The first-order chi connectivity index (χ1) is 28.8. The van der Waals surface area contributed by atoms with Crippen molar-refractivity contribution in [3.63, 3.8) is 0 Å². The maximum Gasteiger partial charge on any atom is 0.472 e. The smallest absolute Gasteiger partial charge is 0.457 e. The van der Waals surface area contributed by atoms with Crippen molar-refractivity contribution in [2.75, 3.05) is 26.4 Å². The van der Waals surface area contributed by atoms with Gasteiger partial charge in [-0.05, 0) is 64.2 Å². The molecule has 59 heavy (non-hydrogen) atoms. The highest BCUT2D eigenvalue weighted by atomic mass is 31.2. The van der Waals surface area contributed by atoms with Crippen LogP contribution in [-0.4, -0.2) is 65.7 Å². The van der Waals surface area contributed by atoms with Gasteiger partial charge in [0.25, 0.3) is 0 Å². The molecular formula is C48H83O10P. The molecule has 0 aliphatic rings. The zero-order chi connectivity index (χ0) is 43.3. The Kier molecular flexibility index (Phi) is 41.6. The molecule has 0 fully saturated rings. The van der Waals surface area contributed by atoms with Gasteiger partial charge in [0.2, 0.25) is 0 Å². The summed E-state index contributed by atoms with van der Waals surface area (Å²) in [6.45, 7) is 1.98. The first kappa shape index (κ1) is 56.4. The number of aliphatic hydroxyl groups excluding tert-OH is 2. The van der Waals surface area contributed by atoms with Gasteiger partial charge >= 0.3 is 19.8 Å². The zero-order valence-electron chi connectivity index (χ0n) is 36.9. The molecule has 3 atom stereocenters. The highest BCUT2D eigenvalue weighted by Gasteiger charge is 2.27. The minimum atomic E-state index is -4.67. The summed E-state index contributed by atoms with van der Waals surface area (Å²) in [4.78, 5) is 34.5. The number of allylic oxidation sites excluding steroid dienone is 11. The molecule has 0 heterocycles. The predicted octanol–water partition coefficient (Wildman–Crippen LogP) is 12.4. The summed E-state index contributed by atoms with van der Waals surface area (Å²) >= 11 is 0. The third kappa shape index (κ3) is 41.9. The van der Waals surface area contributed by atoms with Gasteiger partial charge in [0.05, 0.1) is 32.8 Å². The van der Waals surface area contributed by atoms with E-state index in [1.807, 2.05) is 18.2 Å². The molecule has 11 heteroatoms. The third-order valence-electron chi connectivity index (χ3n) is 9.44. The van der Waals surface area contributed by atoms with Crippen LogP contribution in [0.1, 0.15) is 181 Å². The lowest BCUT2D eigenvalue weighted by Gasteiger charge is -2.20. The van der Waals surface area contributed by atoms with Crippen LogP contribution in [0.5, 0.6) is 0 Å². The summed E-state index contributed by atoms with van der Waals surface area (Å²) in [7, 11) is -4.67. The van der Waals surface area contributed by atoms with Gasteiger partial charge in [-0.25, -0.2) is 4.57 Å². The van der Waals surface area contributed by atoms with Crippen molar-refractivity contribution in [2.45, 2.75) is 193 Å². The normalized spacial score (nSPS) is 14.5. The summed E-state index contributed by atoms with van der Waals surface area (Å²) in [6.07, 6.45) is 50.5. The molecule has 0 rings (SSSR count). The number of ether oxygens (including phenoxy) is 2. The van der Waals surface area contributed by atoms with E-state index in [4.69, 9.17) is 18.5 Å². The zero-order valence-corrected chi connectivity index (χ0v) is 37.8. The van der Waals surface area contributed by atoms with Gasteiger partial charge in [-0.3, -0.25) is 18.6 Å². The number of carbonyl (C=O) groups excluding carboxylic acids is 2. The van der Waals surface area contributed by atoms with Gasteiger partial charge in [0, 0.05) is 6.42 Å². The van der Waals surface area contributed by atoms with Crippen LogP contribution in [0.15, 0.2) is 72.9 Å². The number of esters is 2. The molecule has 0 spiro atoms. The molecule has 0 aromatic heterocycles. The van der Waals surface area contributed by atoms with Crippen LogP contribution in [0.3, 0.4) is 0 Å². The van der Waals surface area contributed by atoms with Crippen LogP contribution in [0.25, 0.3) is 0 Å². The molecule has 3 unspecified atom stereocenters. The van der Waals surface area contributed by atoms with Crippen molar-refractivity contribution in [1.29, 1.82) is 0 Å². The standard InChI is InChI=1S/C48H83O10P/c1-3-5-7-9-11-13-15-17-19-20-21-22-23-24-26-28-30-32-34-36-38-40-48(52)58-46(42-50)44-56-59(53,54)55-43-45(41-49)57-47(51)39-37-35-33-31-29-27-25-18-16-14-12-10-8-6-4-2/h6,8,12,14,18,20-21,25,29,31,35,37,45-46,49-50H,3-5,7,9-11,13,15-17,19,22-24,26-28,30,32-34,36,38-44H2,1-2H3,(H,53,54)/b8-6-,14-12-,21-20-,25-18-,31-29-,37-35-. The van der Waals surface area contributed by atoms with Gasteiger partial charge in [-0.1, -0.05) is 177 Å². The van der Waals surface area contributed by atoms with Crippen LogP contribution in [0, 0.1) is 0 Å². The number of phosphoric ester groups is 1. The number of hydrogen-bond acceptors (Lipinski definition) is 9. The fraction of sp³-hybridized carbons (Fsp3) is 0.708. The number of phosphoric acid groups is 1. The Morgan fingerprint density at radius 2 is 0.864 bits per heavy atom. The van der Waals surface area contributed by atoms with E-state index in [0.717, 1.165) is 44.9 Å². The number of hydrogen-bond donors (Lipinski definition) is 3. The Balaban J connectivity index is 3.97. The van der Waals surface area contributed by atoms with Crippen LogP contribution in [0.2, 0.25) is 0 Å². The number of aliphatic hydroxyl groups is 2.